The van der Waals surface area contributed by atoms with Crippen LogP contribution in [0.1, 0.15) is 40.5 Å². The van der Waals surface area contributed by atoms with Crippen LogP contribution >= 0.6 is 0 Å². The number of rotatable bonds is 0. The van der Waals surface area contributed by atoms with E-state index in [9.17, 15) is 4.79 Å². The van der Waals surface area contributed by atoms with E-state index in [-0.39, 0.29) is 5.41 Å². The molecule has 1 saturated carbocycles. The van der Waals surface area contributed by atoms with Crippen molar-refractivity contribution in [2.24, 2.45) is 17.3 Å². The highest BCUT2D eigenvalue weighted by molar-refractivity contribution is 5.87. The Labute approximate surface area is 69.2 Å². The molecule has 0 spiro atoms. The second-order valence-electron chi connectivity index (χ2n) is 4.47. The first-order chi connectivity index (χ1) is 4.96. The van der Waals surface area contributed by atoms with Gasteiger partial charge in [0, 0.05) is 11.3 Å². The average Bonchev–Trinajstić information content (AvgIpc) is 1.95. The summed E-state index contributed by atoms with van der Waals surface area (Å²) in [6, 6.07) is 0. The van der Waals surface area contributed by atoms with Gasteiger partial charge < -0.3 is 0 Å². The molecule has 0 aromatic carbocycles. The second-order valence-corrected chi connectivity index (χ2v) is 4.47. The first-order valence-electron chi connectivity index (χ1n) is 4.50. The predicted octanol–water partition coefficient (Wildman–Crippen LogP) is 2.65. The summed E-state index contributed by atoms with van der Waals surface area (Å²) in [5.41, 5.74) is -0.0718. The van der Waals surface area contributed by atoms with Crippen LogP contribution in [-0.4, -0.2) is 5.78 Å². The Kier molecular flexibility index (Phi) is 2.08. The summed E-state index contributed by atoms with van der Waals surface area (Å²) in [6.07, 6.45) is 2.29. The molecule has 1 nitrogen and oxygen atoms in total. The molecule has 0 bridgehead atoms. The van der Waals surface area contributed by atoms with Crippen molar-refractivity contribution >= 4 is 5.78 Å². The average molecular weight is 154 g/mol. The summed E-state index contributed by atoms with van der Waals surface area (Å²) < 4.78 is 0. The van der Waals surface area contributed by atoms with Gasteiger partial charge in [0.1, 0.15) is 5.78 Å². The molecule has 0 saturated heterocycles. The highest BCUT2D eigenvalue weighted by Crippen LogP contribution is 2.39. The van der Waals surface area contributed by atoms with Crippen LogP contribution in [0.2, 0.25) is 0 Å². The summed E-state index contributed by atoms with van der Waals surface area (Å²) in [7, 11) is 0. The molecule has 1 unspecified atom stereocenters. The first kappa shape index (κ1) is 8.76. The Morgan fingerprint density at radius 3 is 2.27 bits per heavy atom. The summed E-state index contributed by atoms with van der Waals surface area (Å²) in [5.74, 6) is 1.31. The Hall–Kier alpha value is -0.330. The highest BCUT2D eigenvalue weighted by Gasteiger charge is 2.39. The highest BCUT2D eigenvalue weighted by atomic mass is 16.1. The van der Waals surface area contributed by atoms with Gasteiger partial charge in [0.05, 0.1) is 0 Å². The van der Waals surface area contributed by atoms with Gasteiger partial charge in [-0.1, -0.05) is 27.7 Å². The molecule has 1 aliphatic carbocycles. The third kappa shape index (κ3) is 1.33. The number of carbonyl (C=O) groups excluding carboxylic acids is 1. The fourth-order valence-electron chi connectivity index (χ4n) is 1.87. The molecular weight excluding hydrogens is 136 g/mol. The van der Waals surface area contributed by atoms with Crippen LogP contribution in [0.15, 0.2) is 0 Å². The number of hydrogen-bond donors (Lipinski definition) is 0. The zero-order chi connectivity index (χ0) is 8.65. The number of Topliss-reactive ketones (excluding diaryl/α,β-unsaturated/α-hetero) is 1. The molecule has 0 aromatic heterocycles. The molecule has 0 N–H and O–H groups in total. The second kappa shape index (κ2) is 2.62. The lowest BCUT2D eigenvalue weighted by Gasteiger charge is -2.37. The van der Waals surface area contributed by atoms with Gasteiger partial charge >= 0.3 is 0 Å². The van der Waals surface area contributed by atoms with Gasteiger partial charge in [-0.2, -0.15) is 0 Å². The molecule has 1 rings (SSSR count). The minimum Gasteiger partial charge on any atom is -0.299 e. The fourth-order valence-corrected chi connectivity index (χ4v) is 1.87. The van der Waals surface area contributed by atoms with Crippen molar-refractivity contribution in [3.63, 3.8) is 0 Å². The van der Waals surface area contributed by atoms with Crippen LogP contribution in [0.5, 0.6) is 0 Å². The minimum atomic E-state index is -0.0718. The van der Waals surface area contributed by atoms with E-state index in [1.54, 1.807) is 0 Å². The van der Waals surface area contributed by atoms with E-state index in [1.807, 2.05) is 0 Å². The number of carbonyl (C=O) groups is 1. The Morgan fingerprint density at radius 2 is 1.82 bits per heavy atom. The molecule has 1 heteroatoms. The van der Waals surface area contributed by atoms with Gasteiger partial charge in [0.25, 0.3) is 0 Å². The quantitative estimate of drug-likeness (QED) is 0.524. The van der Waals surface area contributed by atoms with Crippen molar-refractivity contribution in [1.29, 1.82) is 0 Å². The lowest BCUT2D eigenvalue weighted by Crippen LogP contribution is -2.39. The van der Waals surface area contributed by atoms with Gasteiger partial charge in [-0.25, -0.2) is 0 Å². The van der Waals surface area contributed by atoms with Gasteiger partial charge in [0.15, 0.2) is 0 Å². The molecule has 64 valence electrons. The SMILES string of the molecule is CC1CC[C@@H](C)C(C)(C)C1=O. The normalized spacial score (nSPS) is 37.3. The summed E-state index contributed by atoms with van der Waals surface area (Å²) in [4.78, 5) is 11.7. The van der Waals surface area contributed by atoms with Crippen molar-refractivity contribution in [3.05, 3.63) is 0 Å². The first-order valence-corrected chi connectivity index (χ1v) is 4.50. The zero-order valence-electron chi connectivity index (χ0n) is 7.98. The molecule has 2 atom stereocenters. The topological polar surface area (TPSA) is 17.1 Å². The van der Waals surface area contributed by atoms with Crippen molar-refractivity contribution in [1.82, 2.24) is 0 Å². The third-order valence-corrected chi connectivity index (χ3v) is 3.35. The molecule has 1 fully saturated rings. The van der Waals surface area contributed by atoms with Crippen LogP contribution < -0.4 is 0 Å². The maximum atomic E-state index is 11.7. The lowest BCUT2D eigenvalue weighted by atomic mass is 9.65. The molecule has 11 heavy (non-hydrogen) atoms. The molecule has 0 heterocycles. The van der Waals surface area contributed by atoms with Gasteiger partial charge in [-0.05, 0) is 18.8 Å². The largest absolute Gasteiger partial charge is 0.299 e. The van der Waals surface area contributed by atoms with E-state index in [0.717, 1.165) is 6.42 Å². The van der Waals surface area contributed by atoms with Crippen LogP contribution in [0.25, 0.3) is 0 Å². The number of hydrogen-bond acceptors (Lipinski definition) is 1. The van der Waals surface area contributed by atoms with Crippen LogP contribution in [0, 0.1) is 17.3 Å². The standard InChI is InChI=1S/C10H18O/c1-7-5-6-8(2)10(3,4)9(7)11/h7-8H,5-6H2,1-4H3/t7?,8-/m1/s1. The Balaban J connectivity index is 2.81. The van der Waals surface area contributed by atoms with Gasteiger partial charge in [-0.15, -0.1) is 0 Å². The molecular formula is C10H18O. The van der Waals surface area contributed by atoms with E-state index in [2.05, 4.69) is 27.7 Å². The smallest absolute Gasteiger partial charge is 0.141 e. The third-order valence-electron chi connectivity index (χ3n) is 3.35. The van der Waals surface area contributed by atoms with E-state index in [4.69, 9.17) is 0 Å². The van der Waals surface area contributed by atoms with E-state index in [1.165, 1.54) is 6.42 Å². The molecule has 0 amide bonds. The Bertz CT molecular complexity index is 170. The maximum absolute atomic E-state index is 11.7. The van der Waals surface area contributed by atoms with Crippen LogP contribution in [-0.2, 0) is 4.79 Å². The van der Waals surface area contributed by atoms with E-state index in [0.29, 0.717) is 17.6 Å². The predicted molar refractivity (Wildman–Crippen MR) is 46.4 cm³/mol. The van der Waals surface area contributed by atoms with Crippen molar-refractivity contribution < 1.29 is 4.79 Å². The maximum Gasteiger partial charge on any atom is 0.141 e. The van der Waals surface area contributed by atoms with Crippen LogP contribution in [0.3, 0.4) is 0 Å². The van der Waals surface area contributed by atoms with E-state index < -0.39 is 0 Å². The molecule has 0 aromatic rings. The zero-order valence-corrected chi connectivity index (χ0v) is 7.98. The van der Waals surface area contributed by atoms with Crippen molar-refractivity contribution in [3.8, 4) is 0 Å². The molecule has 0 radical (unpaired) electrons. The van der Waals surface area contributed by atoms with Crippen LogP contribution in [0.4, 0.5) is 0 Å². The van der Waals surface area contributed by atoms with Gasteiger partial charge in [-0.3, -0.25) is 4.79 Å². The monoisotopic (exact) mass is 154 g/mol. The van der Waals surface area contributed by atoms with Gasteiger partial charge in [0.2, 0.25) is 0 Å². The minimum absolute atomic E-state index is 0.0718. The van der Waals surface area contributed by atoms with E-state index >= 15 is 0 Å². The summed E-state index contributed by atoms with van der Waals surface area (Å²) >= 11 is 0. The summed E-state index contributed by atoms with van der Waals surface area (Å²) in [6.45, 7) is 8.39. The molecule has 1 aliphatic rings. The van der Waals surface area contributed by atoms with Crippen molar-refractivity contribution in [2.45, 2.75) is 40.5 Å². The fraction of sp³-hybridized carbons (Fsp3) is 0.900. The molecule has 0 aliphatic heterocycles. The number of ketones is 1. The Morgan fingerprint density at radius 1 is 1.27 bits per heavy atom. The lowest BCUT2D eigenvalue weighted by molar-refractivity contribution is -0.136. The van der Waals surface area contributed by atoms with Crippen molar-refractivity contribution in [2.75, 3.05) is 0 Å². The summed E-state index contributed by atoms with van der Waals surface area (Å²) in [5, 5.41) is 0.